The van der Waals surface area contributed by atoms with E-state index in [4.69, 9.17) is 4.74 Å². The van der Waals surface area contributed by atoms with Crippen molar-refractivity contribution >= 4 is 15.9 Å². The van der Waals surface area contributed by atoms with Gasteiger partial charge in [0.2, 0.25) is 0 Å². The smallest absolute Gasteiger partial charge is 0.153 e. The molecule has 6 heteroatoms. The average Bonchev–Trinajstić information content (AvgIpc) is 2.83. The van der Waals surface area contributed by atoms with Crippen molar-refractivity contribution in [3.8, 4) is 5.75 Å². The number of rotatable bonds is 7. The SMILES string of the molecule is CCNC(CCc1ccc(OC)cc1)c1c(Br)nnn1C. The molecule has 0 amide bonds. The molecule has 2 aromatic rings. The fraction of sp³-hybridized carbons (Fsp3) is 0.467. The molecule has 0 bridgehead atoms. The zero-order chi connectivity index (χ0) is 15.2. The minimum Gasteiger partial charge on any atom is -0.497 e. The van der Waals surface area contributed by atoms with Crippen molar-refractivity contribution in [3.63, 3.8) is 0 Å². The van der Waals surface area contributed by atoms with Gasteiger partial charge in [0.25, 0.3) is 0 Å². The Morgan fingerprint density at radius 1 is 1.33 bits per heavy atom. The van der Waals surface area contributed by atoms with Gasteiger partial charge in [-0.1, -0.05) is 24.3 Å². The fourth-order valence-corrected chi connectivity index (χ4v) is 3.00. The molecule has 0 spiro atoms. The van der Waals surface area contributed by atoms with E-state index in [1.807, 2.05) is 23.9 Å². The van der Waals surface area contributed by atoms with Crippen molar-refractivity contribution in [1.29, 1.82) is 0 Å². The Kier molecular flexibility index (Phi) is 5.76. The highest BCUT2D eigenvalue weighted by atomic mass is 79.9. The second kappa shape index (κ2) is 7.56. The Hall–Kier alpha value is -1.40. The Balaban J connectivity index is 2.06. The number of methoxy groups -OCH3 is 1. The van der Waals surface area contributed by atoms with Gasteiger partial charge in [-0.25, -0.2) is 4.68 Å². The highest BCUT2D eigenvalue weighted by Crippen LogP contribution is 2.25. The van der Waals surface area contributed by atoms with Gasteiger partial charge in [0.15, 0.2) is 4.60 Å². The number of ether oxygens (including phenoxy) is 1. The van der Waals surface area contributed by atoms with Crippen LogP contribution in [0, 0.1) is 0 Å². The van der Waals surface area contributed by atoms with Crippen molar-refractivity contribution in [2.24, 2.45) is 7.05 Å². The number of hydrogen-bond donors (Lipinski definition) is 1. The molecule has 1 heterocycles. The van der Waals surface area contributed by atoms with Crippen molar-refractivity contribution in [1.82, 2.24) is 20.3 Å². The summed E-state index contributed by atoms with van der Waals surface area (Å²) in [6, 6.07) is 8.45. The first-order chi connectivity index (χ1) is 10.2. The van der Waals surface area contributed by atoms with E-state index in [0.29, 0.717) is 0 Å². The third-order valence-corrected chi connectivity index (χ3v) is 4.05. The molecule has 0 aliphatic carbocycles. The van der Waals surface area contributed by atoms with Crippen LogP contribution in [0.5, 0.6) is 5.75 Å². The quantitative estimate of drug-likeness (QED) is 0.832. The highest BCUT2D eigenvalue weighted by Gasteiger charge is 2.19. The van der Waals surface area contributed by atoms with E-state index in [2.05, 4.69) is 50.6 Å². The second-order valence-electron chi connectivity index (χ2n) is 4.89. The molecule has 2 rings (SSSR count). The maximum absolute atomic E-state index is 5.19. The second-order valence-corrected chi connectivity index (χ2v) is 5.64. The highest BCUT2D eigenvalue weighted by molar-refractivity contribution is 9.10. The molecule has 0 aliphatic rings. The minimum absolute atomic E-state index is 0.228. The van der Waals surface area contributed by atoms with E-state index < -0.39 is 0 Å². The average molecular weight is 353 g/mol. The van der Waals surface area contributed by atoms with Crippen LogP contribution in [0.25, 0.3) is 0 Å². The van der Waals surface area contributed by atoms with Gasteiger partial charge in [0, 0.05) is 7.05 Å². The topological polar surface area (TPSA) is 52.0 Å². The predicted octanol–water partition coefficient (Wildman–Crippen LogP) is 2.87. The van der Waals surface area contributed by atoms with E-state index in [1.165, 1.54) is 5.56 Å². The molecular weight excluding hydrogens is 332 g/mol. The maximum atomic E-state index is 5.19. The normalized spacial score (nSPS) is 12.4. The standard InChI is InChI=1S/C15H21BrN4O/c1-4-17-13(14-15(16)18-19-20(14)2)10-7-11-5-8-12(21-3)9-6-11/h5-6,8-9,13,17H,4,7,10H2,1-3H3. The van der Waals surface area contributed by atoms with Crippen molar-refractivity contribution < 1.29 is 4.74 Å². The number of nitrogens with one attached hydrogen (secondary N) is 1. The Morgan fingerprint density at radius 2 is 2.05 bits per heavy atom. The van der Waals surface area contributed by atoms with Crippen LogP contribution < -0.4 is 10.1 Å². The molecule has 1 aromatic heterocycles. The van der Waals surface area contributed by atoms with Crippen LogP contribution >= 0.6 is 15.9 Å². The summed E-state index contributed by atoms with van der Waals surface area (Å²) in [5.74, 6) is 0.889. The number of aryl methyl sites for hydroxylation is 2. The molecule has 114 valence electrons. The van der Waals surface area contributed by atoms with E-state index in [9.17, 15) is 0 Å². The van der Waals surface area contributed by atoms with Gasteiger partial charge in [-0.3, -0.25) is 0 Å². The van der Waals surface area contributed by atoms with Gasteiger partial charge in [-0.15, -0.1) is 5.10 Å². The van der Waals surface area contributed by atoms with Gasteiger partial charge in [0.1, 0.15) is 5.75 Å². The summed E-state index contributed by atoms with van der Waals surface area (Å²) < 4.78 is 7.82. The first kappa shape index (κ1) is 16.0. The molecular formula is C15H21BrN4O. The van der Waals surface area contributed by atoms with Crippen molar-refractivity contribution in [2.45, 2.75) is 25.8 Å². The van der Waals surface area contributed by atoms with Crippen LogP contribution in [0.4, 0.5) is 0 Å². The third-order valence-electron chi connectivity index (χ3n) is 3.49. The molecule has 0 radical (unpaired) electrons. The Bertz CT molecular complexity index is 548. The zero-order valence-corrected chi connectivity index (χ0v) is 14.2. The van der Waals surface area contributed by atoms with E-state index in [-0.39, 0.29) is 6.04 Å². The van der Waals surface area contributed by atoms with Gasteiger partial charge < -0.3 is 10.1 Å². The van der Waals surface area contributed by atoms with Gasteiger partial charge in [0.05, 0.1) is 18.8 Å². The molecule has 1 atom stereocenters. The lowest BCUT2D eigenvalue weighted by atomic mass is 10.0. The molecule has 1 unspecified atom stereocenters. The van der Waals surface area contributed by atoms with Gasteiger partial charge in [-0.2, -0.15) is 0 Å². The van der Waals surface area contributed by atoms with Crippen molar-refractivity contribution in [3.05, 3.63) is 40.1 Å². The molecule has 0 aliphatic heterocycles. The third kappa shape index (κ3) is 4.04. The predicted molar refractivity (Wildman–Crippen MR) is 86.4 cm³/mol. The van der Waals surface area contributed by atoms with Crippen LogP contribution in [0.2, 0.25) is 0 Å². The van der Waals surface area contributed by atoms with Crippen molar-refractivity contribution in [2.75, 3.05) is 13.7 Å². The van der Waals surface area contributed by atoms with E-state index in [0.717, 1.165) is 35.4 Å². The van der Waals surface area contributed by atoms with Gasteiger partial charge >= 0.3 is 0 Å². The lowest BCUT2D eigenvalue weighted by Crippen LogP contribution is -2.24. The summed E-state index contributed by atoms with van der Waals surface area (Å²) in [7, 11) is 3.61. The number of nitrogens with zero attached hydrogens (tertiary/aromatic N) is 3. The number of halogens is 1. The van der Waals surface area contributed by atoms with Crippen LogP contribution in [0.15, 0.2) is 28.9 Å². The minimum atomic E-state index is 0.228. The molecule has 0 fully saturated rings. The largest absolute Gasteiger partial charge is 0.497 e. The number of aromatic nitrogens is 3. The number of benzene rings is 1. The first-order valence-corrected chi connectivity index (χ1v) is 7.86. The summed E-state index contributed by atoms with van der Waals surface area (Å²) >= 11 is 3.48. The first-order valence-electron chi connectivity index (χ1n) is 7.07. The number of hydrogen-bond acceptors (Lipinski definition) is 4. The lowest BCUT2D eigenvalue weighted by molar-refractivity contribution is 0.414. The fourth-order valence-electron chi connectivity index (χ4n) is 2.39. The lowest BCUT2D eigenvalue weighted by Gasteiger charge is -2.18. The molecule has 5 nitrogen and oxygen atoms in total. The monoisotopic (exact) mass is 352 g/mol. The Labute approximate surface area is 133 Å². The van der Waals surface area contributed by atoms with Gasteiger partial charge in [-0.05, 0) is 53.0 Å². The maximum Gasteiger partial charge on any atom is 0.153 e. The van der Waals surface area contributed by atoms with E-state index >= 15 is 0 Å². The molecule has 21 heavy (non-hydrogen) atoms. The molecule has 0 saturated heterocycles. The van der Waals surface area contributed by atoms with Crippen LogP contribution in [-0.4, -0.2) is 28.6 Å². The molecule has 1 N–H and O–H groups in total. The van der Waals surface area contributed by atoms with Crippen LogP contribution in [0.3, 0.4) is 0 Å². The van der Waals surface area contributed by atoms with E-state index in [1.54, 1.807) is 7.11 Å². The van der Waals surface area contributed by atoms with Crippen LogP contribution in [0.1, 0.15) is 30.6 Å². The summed E-state index contributed by atoms with van der Waals surface area (Å²) in [6.07, 6.45) is 1.97. The summed E-state index contributed by atoms with van der Waals surface area (Å²) in [4.78, 5) is 0. The molecule has 0 saturated carbocycles. The summed E-state index contributed by atoms with van der Waals surface area (Å²) in [5.41, 5.74) is 2.38. The zero-order valence-electron chi connectivity index (χ0n) is 12.6. The Morgan fingerprint density at radius 3 is 2.57 bits per heavy atom. The summed E-state index contributed by atoms with van der Waals surface area (Å²) in [6.45, 7) is 3.02. The summed E-state index contributed by atoms with van der Waals surface area (Å²) in [5, 5.41) is 11.6. The molecule has 1 aromatic carbocycles. The van der Waals surface area contributed by atoms with Crippen LogP contribution in [-0.2, 0) is 13.5 Å².